The van der Waals surface area contributed by atoms with Gasteiger partial charge in [0.15, 0.2) is 11.6 Å². The molecule has 3 aromatic rings. The van der Waals surface area contributed by atoms with E-state index in [1.807, 2.05) is 25.2 Å². The summed E-state index contributed by atoms with van der Waals surface area (Å²) in [6, 6.07) is 8.28. The average molecular weight is 271 g/mol. The molecule has 0 bridgehead atoms. The number of hydrogen-bond acceptors (Lipinski definition) is 5. The maximum absolute atomic E-state index is 5.74. The molecule has 5 heteroatoms. The van der Waals surface area contributed by atoms with E-state index >= 15 is 0 Å². The van der Waals surface area contributed by atoms with E-state index in [2.05, 4.69) is 35.4 Å². The average Bonchev–Trinajstić information content (AvgIpc) is 3.04. The van der Waals surface area contributed by atoms with Crippen LogP contribution in [0.25, 0.3) is 22.6 Å². The largest absolute Gasteiger partial charge is 0.451 e. The van der Waals surface area contributed by atoms with Gasteiger partial charge in [-0.05, 0) is 39.1 Å². The minimum Gasteiger partial charge on any atom is -0.451 e. The van der Waals surface area contributed by atoms with Crippen LogP contribution in [-0.2, 0) is 6.42 Å². The SMILES string of the molecule is CNC(C)Cc1noc(-c2cc3cc(C)ccc3o2)n1. The Bertz CT molecular complexity index is 730. The topological polar surface area (TPSA) is 64.1 Å². The Morgan fingerprint density at radius 2 is 2.15 bits per heavy atom. The van der Waals surface area contributed by atoms with Crippen molar-refractivity contribution in [2.75, 3.05) is 7.05 Å². The van der Waals surface area contributed by atoms with E-state index in [0.29, 0.717) is 23.5 Å². The Labute approximate surface area is 117 Å². The third kappa shape index (κ3) is 2.44. The van der Waals surface area contributed by atoms with Gasteiger partial charge in [0.25, 0.3) is 5.89 Å². The second kappa shape index (κ2) is 5.09. The molecule has 0 saturated heterocycles. The van der Waals surface area contributed by atoms with Crippen LogP contribution in [0.2, 0.25) is 0 Å². The number of nitrogens with zero attached hydrogens (tertiary/aromatic N) is 2. The Hall–Kier alpha value is -2.14. The summed E-state index contributed by atoms with van der Waals surface area (Å²) in [4.78, 5) is 4.37. The molecule has 1 unspecified atom stereocenters. The van der Waals surface area contributed by atoms with Gasteiger partial charge in [0, 0.05) is 17.8 Å². The molecule has 0 fully saturated rings. The molecule has 5 nitrogen and oxygen atoms in total. The molecule has 0 aliphatic heterocycles. The van der Waals surface area contributed by atoms with Crippen molar-refractivity contribution in [3.63, 3.8) is 0 Å². The van der Waals surface area contributed by atoms with E-state index in [4.69, 9.17) is 8.94 Å². The number of benzene rings is 1. The highest BCUT2D eigenvalue weighted by molar-refractivity contribution is 5.82. The fourth-order valence-corrected chi connectivity index (χ4v) is 2.08. The van der Waals surface area contributed by atoms with Crippen LogP contribution in [0.1, 0.15) is 18.3 Å². The number of hydrogen-bond donors (Lipinski definition) is 1. The lowest BCUT2D eigenvalue weighted by atomic mass is 10.2. The lowest BCUT2D eigenvalue weighted by molar-refractivity contribution is 0.408. The molecule has 1 N–H and O–H groups in total. The summed E-state index contributed by atoms with van der Waals surface area (Å²) in [5.74, 6) is 1.72. The fraction of sp³-hybridized carbons (Fsp3) is 0.333. The number of fused-ring (bicyclic) bond motifs is 1. The molecular weight excluding hydrogens is 254 g/mol. The summed E-state index contributed by atoms with van der Waals surface area (Å²) in [5.41, 5.74) is 2.02. The first kappa shape index (κ1) is 12.9. The van der Waals surface area contributed by atoms with Crippen LogP contribution < -0.4 is 5.32 Å². The maximum Gasteiger partial charge on any atom is 0.293 e. The van der Waals surface area contributed by atoms with E-state index in [9.17, 15) is 0 Å². The quantitative estimate of drug-likeness (QED) is 0.790. The second-order valence-corrected chi connectivity index (χ2v) is 5.06. The molecule has 0 saturated carbocycles. The van der Waals surface area contributed by atoms with E-state index in [0.717, 1.165) is 17.4 Å². The van der Waals surface area contributed by atoms with Gasteiger partial charge in [-0.3, -0.25) is 0 Å². The summed E-state index contributed by atoms with van der Waals surface area (Å²) in [6.07, 6.45) is 0.722. The molecule has 2 heterocycles. The zero-order valence-electron chi connectivity index (χ0n) is 11.8. The van der Waals surface area contributed by atoms with Crippen molar-refractivity contribution in [2.24, 2.45) is 0 Å². The van der Waals surface area contributed by atoms with Gasteiger partial charge in [-0.1, -0.05) is 16.8 Å². The van der Waals surface area contributed by atoms with Gasteiger partial charge in [-0.25, -0.2) is 0 Å². The Morgan fingerprint density at radius 1 is 1.30 bits per heavy atom. The lowest BCUT2D eigenvalue weighted by Crippen LogP contribution is -2.24. The molecule has 2 aromatic heterocycles. The van der Waals surface area contributed by atoms with Gasteiger partial charge in [0.2, 0.25) is 0 Å². The summed E-state index contributed by atoms with van der Waals surface area (Å²) in [6.45, 7) is 4.12. The highest BCUT2D eigenvalue weighted by Crippen LogP contribution is 2.27. The van der Waals surface area contributed by atoms with Gasteiger partial charge in [-0.2, -0.15) is 4.98 Å². The zero-order chi connectivity index (χ0) is 14.1. The molecule has 104 valence electrons. The number of nitrogens with one attached hydrogen (secondary N) is 1. The molecule has 1 atom stereocenters. The van der Waals surface area contributed by atoms with Crippen molar-refractivity contribution < 1.29 is 8.94 Å². The Balaban J connectivity index is 1.91. The molecular formula is C15H17N3O2. The highest BCUT2D eigenvalue weighted by Gasteiger charge is 2.15. The normalized spacial score (nSPS) is 12.9. The monoisotopic (exact) mass is 271 g/mol. The summed E-state index contributed by atoms with van der Waals surface area (Å²) < 4.78 is 11.0. The second-order valence-electron chi connectivity index (χ2n) is 5.06. The van der Waals surface area contributed by atoms with Crippen molar-refractivity contribution in [3.8, 4) is 11.7 Å². The van der Waals surface area contributed by atoms with Gasteiger partial charge in [0.05, 0.1) is 0 Å². The Morgan fingerprint density at radius 3 is 2.95 bits per heavy atom. The first-order valence-electron chi connectivity index (χ1n) is 6.66. The predicted molar refractivity (Wildman–Crippen MR) is 76.5 cm³/mol. The third-order valence-corrected chi connectivity index (χ3v) is 3.33. The van der Waals surface area contributed by atoms with E-state index in [1.54, 1.807) is 0 Å². The number of aryl methyl sites for hydroxylation is 1. The molecule has 0 radical (unpaired) electrons. The minimum atomic E-state index is 0.304. The molecule has 20 heavy (non-hydrogen) atoms. The number of likely N-dealkylation sites (N-methyl/N-ethyl adjacent to an activating group) is 1. The van der Waals surface area contributed by atoms with E-state index < -0.39 is 0 Å². The fourth-order valence-electron chi connectivity index (χ4n) is 2.08. The first-order chi connectivity index (χ1) is 9.65. The van der Waals surface area contributed by atoms with Gasteiger partial charge in [-0.15, -0.1) is 0 Å². The lowest BCUT2D eigenvalue weighted by Gasteiger charge is -2.04. The van der Waals surface area contributed by atoms with Crippen LogP contribution >= 0.6 is 0 Å². The maximum atomic E-state index is 5.74. The number of furan rings is 1. The van der Waals surface area contributed by atoms with Gasteiger partial charge >= 0.3 is 0 Å². The van der Waals surface area contributed by atoms with Crippen molar-refractivity contribution in [3.05, 3.63) is 35.7 Å². The summed E-state index contributed by atoms with van der Waals surface area (Å²) in [7, 11) is 1.91. The van der Waals surface area contributed by atoms with Crippen molar-refractivity contribution in [1.82, 2.24) is 15.5 Å². The van der Waals surface area contributed by atoms with Crippen LogP contribution in [-0.4, -0.2) is 23.2 Å². The number of rotatable bonds is 4. The van der Waals surface area contributed by atoms with Gasteiger partial charge in [0.1, 0.15) is 5.58 Å². The Kier molecular flexibility index (Phi) is 3.28. The highest BCUT2D eigenvalue weighted by atomic mass is 16.5. The molecule has 0 aliphatic rings. The van der Waals surface area contributed by atoms with Crippen molar-refractivity contribution in [1.29, 1.82) is 0 Å². The summed E-state index contributed by atoms with van der Waals surface area (Å²) >= 11 is 0. The smallest absolute Gasteiger partial charge is 0.293 e. The zero-order valence-corrected chi connectivity index (χ0v) is 11.8. The van der Waals surface area contributed by atoms with Crippen LogP contribution in [0.3, 0.4) is 0 Å². The van der Waals surface area contributed by atoms with Crippen LogP contribution in [0.15, 0.2) is 33.2 Å². The van der Waals surface area contributed by atoms with Crippen LogP contribution in [0.4, 0.5) is 0 Å². The van der Waals surface area contributed by atoms with Crippen LogP contribution in [0, 0.1) is 6.92 Å². The molecule has 0 aliphatic carbocycles. The first-order valence-corrected chi connectivity index (χ1v) is 6.66. The molecule has 0 spiro atoms. The molecule has 0 amide bonds. The standard InChI is InChI=1S/C15H17N3O2/c1-9-4-5-12-11(6-9)8-13(19-12)15-17-14(18-20-15)7-10(2)16-3/h4-6,8,10,16H,7H2,1-3H3. The van der Waals surface area contributed by atoms with Crippen molar-refractivity contribution in [2.45, 2.75) is 26.3 Å². The van der Waals surface area contributed by atoms with E-state index in [1.165, 1.54) is 5.56 Å². The van der Waals surface area contributed by atoms with Crippen LogP contribution in [0.5, 0.6) is 0 Å². The third-order valence-electron chi connectivity index (χ3n) is 3.33. The predicted octanol–water partition coefficient (Wildman–Crippen LogP) is 2.94. The van der Waals surface area contributed by atoms with Gasteiger partial charge < -0.3 is 14.3 Å². The minimum absolute atomic E-state index is 0.304. The molecule has 1 aromatic carbocycles. The molecule has 3 rings (SSSR count). The summed E-state index contributed by atoms with van der Waals surface area (Å²) in [5, 5.41) is 8.17. The van der Waals surface area contributed by atoms with Crippen molar-refractivity contribution >= 4 is 11.0 Å². The number of aromatic nitrogens is 2. The van der Waals surface area contributed by atoms with E-state index in [-0.39, 0.29) is 0 Å².